The molecule has 5 atom stereocenters. The molecule has 0 fully saturated rings. The summed E-state index contributed by atoms with van der Waals surface area (Å²) in [4.78, 5) is 34.9. The number of Topliss-reactive ketones (excluding diaryl/α,β-unsaturated/α-hetero) is 1. The van der Waals surface area contributed by atoms with Gasteiger partial charge in [0.05, 0.1) is 30.6 Å². The Bertz CT molecular complexity index is 487. The fourth-order valence-corrected chi connectivity index (χ4v) is 2.25. The first-order chi connectivity index (χ1) is 11.0. The highest BCUT2D eigenvalue weighted by atomic mass is 16.4. The number of aliphatic hydroxyl groups is 2. The number of carbonyl (C=O) groups excluding carboxylic acids is 2. The van der Waals surface area contributed by atoms with Gasteiger partial charge >= 0.3 is 5.97 Å². The van der Waals surface area contributed by atoms with Gasteiger partial charge in [0, 0.05) is 5.92 Å². The Labute approximate surface area is 142 Å². The largest absolute Gasteiger partial charge is 0.481 e. The van der Waals surface area contributed by atoms with Crippen LogP contribution in [0, 0.1) is 17.8 Å². The second kappa shape index (κ2) is 10.2. The maximum absolute atomic E-state index is 12.0. The zero-order chi connectivity index (χ0) is 19.0. The minimum Gasteiger partial charge on any atom is -0.481 e. The number of rotatable bonds is 10. The summed E-state index contributed by atoms with van der Waals surface area (Å²) in [5.41, 5.74) is 0.686. The van der Waals surface area contributed by atoms with E-state index in [1.54, 1.807) is 13.8 Å². The van der Waals surface area contributed by atoms with Gasteiger partial charge < -0.3 is 20.6 Å². The number of carbonyl (C=O) groups is 3. The number of hydrogen-bond acceptors (Lipinski definition) is 5. The highest BCUT2D eigenvalue weighted by Crippen LogP contribution is 2.15. The van der Waals surface area contributed by atoms with E-state index in [4.69, 9.17) is 5.11 Å². The Hall–Kier alpha value is -1.73. The maximum atomic E-state index is 12.0. The van der Waals surface area contributed by atoms with Crippen LogP contribution >= 0.6 is 0 Å². The molecule has 0 unspecified atom stereocenters. The van der Waals surface area contributed by atoms with Crippen LogP contribution < -0.4 is 5.32 Å². The average Bonchev–Trinajstić information content (AvgIpc) is 2.55. The summed E-state index contributed by atoms with van der Waals surface area (Å²) >= 11 is 0. The third kappa shape index (κ3) is 6.41. The molecule has 7 heteroatoms. The quantitative estimate of drug-likeness (QED) is 0.434. The van der Waals surface area contributed by atoms with Crippen molar-refractivity contribution in [3.8, 4) is 0 Å². The molecule has 0 saturated carbocycles. The third-order valence-corrected chi connectivity index (χ3v) is 4.24. The fourth-order valence-electron chi connectivity index (χ4n) is 2.25. The second-order valence-corrected chi connectivity index (χ2v) is 6.18. The molecule has 0 heterocycles. The standard InChI is InChI=1S/C17H29NO6/c1-6-7-9(2)14(20)11(4)16(22)18-8-13(19)10(3)15(21)12(5)17(23)24/h7,10-12,14-15,20-21H,6,8H2,1-5H3,(H,18,22)(H,23,24)/b9-7+/t10-,11+,12-,14-,15+/m1/s1. The van der Waals surface area contributed by atoms with E-state index in [1.807, 2.05) is 13.0 Å². The molecule has 0 aliphatic carbocycles. The highest BCUT2D eigenvalue weighted by Gasteiger charge is 2.31. The van der Waals surface area contributed by atoms with E-state index in [0.29, 0.717) is 5.57 Å². The molecule has 0 radical (unpaired) electrons. The number of nitrogens with one attached hydrogen (secondary N) is 1. The second-order valence-electron chi connectivity index (χ2n) is 6.18. The molecular formula is C17H29NO6. The average molecular weight is 343 g/mol. The lowest BCUT2D eigenvalue weighted by atomic mass is 9.90. The number of carboxylic acids is 1. The molecule has 0 spiro atoms. The lowest BCUT2D eigenvalue weighted by Gasteiger charge is -2.22. The first kappa shape index (κ1) is 22.3. The predicted molar refractivity (Wildman–Crippen MR) is 89.2 cm³/mol. The summed E-state index contributed by atoms with van der Waals surface area (Å²) in [6.07, 6.45) is 0.304. The predicted octanol–water partition coefficient (Wildman–Crippen LogP) is 0.743. The van der Waals surface area contributed by atoms with Gasteiger partial charge in [-0.1, -0.05) is 26.8 Å². The maximum Gasteiger partial charge on any atom is 0.308 e. The van der Waals surface area contributed by atoms with Crippen LogP contribution in [0.15, 0.2) is 11.6 Å². The van der Waals surface area contributed by atoms with Gasteiger partial charge in [-0.05, 0) is 25.8 Å². The van der Waals surface area contributed by atoms with E-state index >= 15 is 0 Å². The lowest BCUT2D eigenvalue weighted by molar-refractivity contribution is -0.147. The van der Waals surface area contributed by atoms with Crippen LogP contribution in [0.5, 0.6) is 0 Å². The number of amides is 1. The number of carboxylic acid groups (broad SMARTS) is 1. The van der Waals surface area contributed by atoms with Gasteiger partial charge in [0.25, 0.3) is 0 Å². The van der Waals surface area contributed by atoms with Crippen LogP contribution in [-0.2, 0) is 14.4 Å². The molecular weight excluding hydrogens is 314 g/mol. The van der Waals surface area contributed by atoms with Gasteiger partial charge in [-0.25, -0.2) is 0 Å². The van der Waals surface area contributed by atoms with Crippen LogP contribution in [0.4, 0.5) is 0 Å². The Morgan fingerprint density at radius 2 is 1.58 bits per heavy atom. The summed E-state index contributed by atoms with van der Waals surface area (Å²) in [6.45, 7) is 7.63. The Morgan fingerprint density at radius 3 is 2.04 bits per heavy atom. The van der Waals surface area contributed by atoms with Crippen molar-refractivity contribution in [3.05, 3.63) is 11.6 Å². The van der Waals surface area contributed by atoms with Crippen molar-refractivity contribution in [1.29, 1.82) is 0 Å². The number of aliphatic carboxylic acids is 1. The summed E-state index contributed by atoms with van der Waals surface area (Å²) < 4.78 is 0. The molecule has 138 valence electrons. The Balaban J connectivity index is 4.62. The normalized spacial score (nSPS) is 18.2. The van der Waals surface area contributed by atoms with Crippen molar-refractivity contribution in [3.63, 3.8) is 0 Å². The van der Waals surface area contributed by atoms with Crippen molar-refractivity contribution in [2.75, 3.05) is 6.54 Å². The summed E-state index contributed by atoms with van der Waals surface area (Å²) in [5, 5.41) is 31.2. The highest BCUT2D eigenvalue weighted by molar-refractivity contribution is 5.89. The van der Waals surface area contributed by atoms with Gasteiger partial charge in [-0.2, -0.15) is 0 Å². The van der Waals surface area contributed by atoms with E-state index in [0.717, 1.165) is 6.42 Å². The Morgan fingerprint density at radius 1 is 1.04 bits per heavy atom. The van der Waals surface area contributed by atoms with E-state index in [-0.39, 0.29) is 6.54 Å². The monoisotopic (exact) mass is 343 g/mol. The number of allylic oxidation sites excluding steroid dienone is 1. The number of hydrogen-bond donors (Lipinski definition) is 4. The first-order valence-electron chi connectivity index (χ1n) is 8.10. The molecule has 7 nitrogen and oxygen atoms in total. The molecule has 0 aromatic heterocycles. The molecule has 0 saturated heterocycles. The van der Waals surface area contributed by atoms with Gasteiger partial charge in [0.15, 0.2) is 5.78 Å². The third-order valence-electron chi connectivity index (χ3n) is 4.24. The summed E-state index contributed by atoms with van der Waals surface area (Å²) in [7, 11) is 0. The van der Waals surface area contributed by atoms with Crippen LogP contribution in [0.25, 0.3) is 0 Å². The van der Waals surface area contributed by atoms with Crippen LogP contribution in [0.3, 0.4) is 0 Å². The summed E-state index contributed by atoms with van der Waals surface area (Å²) in [5.74, 6) is -4.86. The molecule has 0 aromatic rings. The van der Waals surface area contributed by atoms with E-state index in [2.05, 4.69) is 5.32 Å². The minimum atomic E-state index is -1.33. The van der Waals surface area contributed by atoms with Crippen LogP contribution in [0.2, 0.25) is 0 Å². The zero-order valence-electron chi connectivity index (χ0n) is 14.9. The van der Waals surface area contributed by atoms with Crippen molar-refractivity contribution < 1.29 is 29.7 Å². The minimum absolute atomic E-state index is 0.322. The van der Waals surface area contributed by atoms with E-state index in [9.17, 15) is 24.6 Å². The van der Waals surface area contributed by atoms with Crippen LogP contribution in [0.1, 0.15) is 41.0 Å². The molecule has 0 rings (SSSR count). The van der Waals surface area contributed by atoms with Crippen molar-refractivity contribution in [2.45, 2.75) is 53.2 Å². The topological polar surface area (TPSA) is 124 Å². The van der Waals surface area contributed by atoms with Crippen molar-refractivity contribution in [1.82, 2.24) is 5.32 Å². The van der Waals surface area contributed by atoms with E-state index < -0.39 is 47.6 Å². The van der Waals surface area contributed by atoms with E-state index in [1.165, 1.54) is 13.8 Å². The molecule has 4 N–H and O–H groups in total. The zero-order valence-corrected chi connectivity index (χ0v) is 14.9. The van der Waals surface area contributed by atoms with Crippen molar-refractivity contribution >= 4 is 17.7 Å². The molecule has 0 aliphatic rings. The van der Waals surface area contributed by atoms with Gasteiger partial charge in [-0.3, -0.25) is 14.4 Å². The molecule has 0 aliphatic heterocycles. The summed E-state index contributed by atoms with van der Waals surface area (Å²) in [6, 6.07) is 0. The molecule has 0 aromatic carbocycles. The first-order valence-corrected chi connectivity index (χ1v) is 8.10. The number of aliphatic hydroxyl groups excluding tert-OH is 2. The smallest absolute Gasteiger partial charge is 0.308 e. The SMILES string of the molecule is CC/C=C(\C)[C@@H](O)[C@H](C)C(=O)NCC(=O)[C@@H](C)[C@H](O)[C@@H](C)C(=O)O. The fraction of sp³-hybridized carbons (Fsp3) is 0.706. The van der Waals surface area contributed by atoms with Gasteiger partial charge in [-0.15, -0.1) is 0 Å². The van der Waals surface area contributed by atoms with Gasteiger partial charge in [0.2, 0.25) is 5.91 Å². The van der Waals surface area contributed by atoms with Gasteiger partial charge in [0.1, 0.15) is 0 Å². The number of ketones is 1. The molecule has 24 heavy (non-hydrogen) atoms. The Kier molecular flexibility index (Phi) is 9.47. The van der Waals surface area contributed by atoms with Crippen LogP contribution in [-0.4, -0.2) is 51.7 Å². The lowest BCUT2D eigenvalue weighted by Crippen LogP contribution is -2.43. The molecule has 0 bridgehead atoms. The van der Waals surface area contributed by atoms with Crippen molar-refractivity contribution in [2.24, 2.45) is 17.8 Å². The molecule has 1 amide bonds.